The van der Waals surface area contributed by atoms with Gasteiger partial charge in [-0.2, -0.15) is 0 Å². The maximum absolute atomic E-state index is 14.0. The summed E-state index contributed by atoms with van der Waals surface area (Å²) in [5, 5.41) is 10.1. The van der Waals surface area contributed by atoms with E-state index in [1.165, 1.54) is 18.3 Å². The van der Waals surface area contributed by atoms with Crippen LogP contribution < -0.4 is 9.64 Å². The predicted molar refractivity (Wildman–Crippen MR) is 143 cm³/mol. The van der Waals surface area contributed by atoms with E-state index in [1.54, 1.807) is 30.3 Å². The van der Waals surface area contributed by atoms with Crippen LogP contribution in [0.5, 0.6) is 5.75 Å². The number of benzene rings is 1. The van der Waals surface area contributed by atoms with Gasteiger partial charge in [0.25, 0.3) is 5.91 Å². The van der Waals surface area contributed by atoms with Gasteiger partial charge in [-0.25, -0.2) is 14.8 Å². The summed E-state index contributed by atoms with van der Waals surface area (Å²) >= 11 is 1.32. The number of ether oxygens (including phenoxy) is 2. The van der Waals surface area contributed by atoms with Crippen molar-refractivity contribution in [1.82, 2.24) is 9.97 Å². The van der Waals surface area contributed by atoms with Crippen molar-refractivity contribution in [3.63, 3.8) is 0 Å². The van der Waals surface area contributed by atoms with Crippen LogP contribution in [-0.2, 0) is 9.53 Å². The predicted octanol–water partition coefficient (Wildman–Crippen LogP) is 5.16. The molecule has 0 aliphatic heterocycles. The second kappa shape index (κ2) is 11.1. The summed E-state index contributed by atoms with van der Waals surface area (Å²) in [6.07, 6.45) is 7.54. The van der Waals surface area contributed by atoms with Crippen LogP contribution in [0.25, 0.3) is 10.6 Å². The number of carbonyl (C=O) groups is 2. The summed E-state index contributed by atoms with van der Waals surface area (Å²) in [5.41, 5.74) is 0.808. The number of hydrogen-bond donors (Lipinski definition) is 1. The minimum Gasteiger partial charge on any atom is -0.497 e. The number of rotatable bonds is 9. The Bertz CT molecular complexity index is 1320. The standard InChI is InChI=1S/C28H29N3O5S/c1-18-24(37-25(30-18)20-11-13-21(35-4)14-12-20)26(32)31(23-10-6-8-16-29-23)17-28(3)15-7-5-9-22(28)36-19(2)27(33)34/h5-16,19,22H,17H2,1-4H3,(H,33,34). The number of pyridine rings is 1. The van der Waals surface area contributed by atoms with Gasteiger partial charge in [-0.05, 0) is 50.2 Å². The van der Waals surface area contributed by atoms with Gasteiger partial charge in [-0.3, -0.25) is 9.69 Å². The molecule has 1 aliphatic carbocycles. The number of anilines is 1. The smallest absolute Gasteiger partial charge is 0.332 e. The van der Waals surface area contributed by atoms with E-state index in [0.29, 0.717) is 16.4 Å². The van der Waals surface area contributed by atoms with Crippen molar-refractivity contribution < 1.29 is 24.2 Å². The fourth-order valence-electron chi connectivity index (χ4n) is 4.06. The molecule has 0 bridgehead atoms. The van der Waals surface area contributed by atoms with Crippen LogP contribution in [0.15, 0.2) is 73.0 Å². The van der Waals surface area contributed by atoms with Crippen molar-refractivity contribution in [2.75, 3.05) is 18.6 Å². The Labute approximate surface area is 219 Å². The molecule has 1 aromatic carbocycles. The number of amides is 1. The van der Waals surface area contributed by atoms with Gasteiger partial charge in [0, 0.05) is 23.7 Å². The van der Waals surface area contributed by atoms with Crippen LogP contribution in [0.1, 0.15) is 29.2 Å². The molecule has 1 amide bonds. The van der Waals surface area contributed by atoms with Crippen LogP contribution in [0.4, 0.5) is 5.82 Å². The van der Waals surface area contributed by atoms with Gasteiger partial charge in [0.05, 0.1) is 18.9 Å². The average molecular weight is 520 g/mol. The van der Waals surface area contributed by atoms with Crippen molar-refractivity contribution in [3.8, 4) is 16.3 Å². The number of carboxylic acid groups (broad SMARTS) is 1. The number of thiazole rings is 1. The molecule has 0 saturated heterocycles. The Hall–Kier alpha value is -3.82. The molecule has 1 aliphatic rings. The second-order valence-corrected chi connectivity index (χ2v) is 10.0. The quantitative estimate of drug-likeness (QED) is 0.417. The van der Waals surface area contributed by atoms with Crippen molar-refractivity contribution >= 4 is 29.0 Å². The monoisotopic (exact) mass is 519 g/mol. The maximum Gasteiger partial charge on any atom is 0.332 e. The molecule has 192 valence electrons. The van der Waals surface area contributed by atoms with Crippen LogP contribution in [-0.4, -0.2) is 52.8 Å². The van der Waals surface area contributed by atoms with Crippen molar-refractivity contribution in [2.45, 2.75) is 33.0 Å². The fraction of sp³-hybridized carbons (Fsp3) is 0.286. The van der Waals surface area contributed by atoms with Crippen molar-refractivity contribution in [3.05, 3.63) is 83.5 Å². The summed E-state index contributed by atoms with van der Waals surface area (Å²) < 4.78 is 11.1. The molecule has 3 atom stereocenters. The molecular formula is C28H29N3O5S. The molecule has 4 rings (SSSR count). The fourth-order valence-corrected chi connectivity index (χ4v) is 5.08. The van der Waals surface area contributed by atoms with Crippen LogP contribution >= 0.6 is 11.3 Å². The summed E-state index contributed by atoms with van der Waals surface area (Å²) in [5.74, 6) is -0.0519. The Morgan fingerprint density at radius 2 is 1.95 bits per heavy atom. The molecule has 1 N–H and O–H groups in total. The highest BCUT2D eigenvalue weighted by Crippen LogP contribution is 2.36. The van der Waals surface area contributed by atoms with Crippen LogP contribution in [0, 0.1) is 12.3 Å². The first-order valence-corrected chi connectivity index (χ1v) is 12.6. The van der Waals surface area contributed by atoms with E-state index in [4.69, 9.17) is 9.47 Å². The molecule has 37 heavy (non-hydrogen) atoms. The largest absolute Gasteiger partial charge is 0.497 e. The number of carboxylic acids is 1. The number of allylic oxidation sites excluding steroid dienone is 2. The van der Waals surface area contributed by atoms with Crippen molar-refractivity contribution in [2.24, 2.45) is 5.41 Å². The lowest BCUT2D eigenvalue weighted by atomic mass is 9.80. The van der Waals surface area contributed by atoms with E-state index in [0.717, 1.165) is 16.3 Å². The summed E-state index contributed by atoms with van der Waals surface area (Å²) in [6.45, 7) is 5.48. The Morgan fingerprint density at radius 1 is 1.19 bits per heavy atom. The van der Waals surface area contributed by atoms with Gasteiger partial charge < -0.3 is 14.6 Å². The molecule has 8 nitrogen and oxygen atoms in total. The minimum atomic E-state index is -1.05. The van der Waals surface area contributed by atoms with Crippen LogP contribution in [0.2, 0.25) is 0 Å². The first kappa shape index (κ1) is 26.2. The Balaban J connectivity index is 1.68. The van der Waals surface area contributed by atoms with Gasteiger partial charge >= 0.3 is 5.97 Å². The highest BCUT2D eigenvalue weighted by atomic mass is 32.1. The molecule has 2 aromatic heterocycles. The topological polar surface area (TPSA) is 102 Å². The molecule has 0 spiro atoms. The van der Waals surface area contributed by atoms with E-state index in [-0.39, 0.29) is 12.5 Å². The number of aromatic nitrogens is 2. The zero-order chi connectivity index (χ0) is 26.6. The van der Waals surface area contributed by atoms with Gasteiger partial charge in [0.15, 0.2) is 6.10 Å². The van der Waals surface area contributed by atoms with E-state index < -0.39 is 23.6 Å². The van der Waals surface area contributed by atoms with Gasteiger partial charge in [0.1, 0.15) is 21.5 Å². The molecular weight excluding hydrogens is 490 g/mol. The molecule has 3 aromatic rings. The molecule has 0 radical (unpaired) electrons. The average Bonchev–Trinajstić information content (AvgIpc) is 3.30. The normalized spacial score (nSPS) is 19.4. The second-order valence-electron chi connectivity index (χ2n) is 9.03. The van der Waals surface area contributed by atoms with E-state index in [1.807, 2.05) is 68.5 Å². The molecule has 3 unspecified atom stereocenters. The lowest BCUT2D eigenvalue weighted by Crippen LogP contribution is -2.47. The zero-order valence-electron chi connectivity index (χ0n) is 21.1. The lowest BCUT2D eigenvalue weighted by Gasteiger charge is -2.39. The lowest BCUT2D eigenvalue weighted by molar-refractivity contribution is -0.153. The highest BCUT2D eigenvalue weighted by Gasteiger charge is 2.39. The Morgan fingerprint density at radius 3 is 2.59 bits per heavy atom. The minimum absolute atomic E-state index is 0.218. The molecule has 2 heterocycles. The molecule has 9 heteroatoms. The number of aliphatic carboxylic acids is 1. The number of nitrogens with zero attached hydrogens (tertiary/aromatic N) is 3. The van der Waals surface area contributed by atoms with Gasteiger partial charge in [-0.15, -0.1) is 11.3 Å². The third-order valence-electron chi connectivity index (χ3n) is 6.22. The zero-order valence-corrected chi connectivity index (χ0v) is 21.9. The summed E-state index contributed by atoms with van der Waals surface area (Å²) in [7, 11) is 1.61. The number of carbonyl (C=O) groups excluding carboxylic acids is 1. The van der Waals surface area contributed by atoms with E-state index in [9.17, 15) is 14.7 Å². The third kappa shape index (κ3) is 5.79. The van der Waals surface area contributed by atoms with Crippen molar-refractivity contribution in [1.29, 1.82) is 0 Å². The first-order chi connectivity index (χ1) is 17.7. The maximum atomic E-state index is 14.0. The van der Waals surface area contributed by atoms with Gasteiger partial charge in [-0.1, -0.05) is 37.3 Å². The summed E-state index contributed by atoms with van der Waals surface area (Å²) in [4.78, 5) is 36.7. The number of hydrogen-bond acceptors (Lipinski definition) is 7. The van der Waals surface area contributed by atoms with E-state index >= 15 is 0 Å². The molecule has 0 fully saturated rings. The van der Waals surface area contributed by atoms with E-state index in [2.05, 4.69) is 9.97 Å². The first-order valence-electron chi connectivity index (χ1n) is 11.8. The van der Waals surface area contributed by atoms with Gasteiger partial charge in [0.2, 0.25) is 0 Å². The Kier molecular flexibility index (Phi) is 7.85. The molecule has 0 saturated carbocycles. The number of methoxy groups -OCH3 is 1. The SMILES string of the molecule is COc1ccc(-c2nc(C)c(C(=O)N(CC3(C)C=CC=CC3OC(C)C(=O)O)c3ccccn3)s2)cc1. The summed E-state index contributed by atoms with van der Waals surface area (Å²) in [6, 6.07) is 12.9. The number of aryl methyl sites for hydroxylation is 1. The highest BCUT2D eigenvalue weighted by molar-refractivity contribution is 7.17. The van der Waals surface area contributed by atoms with Crippen LogP contribution in [0.3, 0.4) is 0 Å². The third-order valence-corrected chi connectivity index (χ3v) is 7.41.